The van der Waals surface area contributed by atoms with Crippen molar-refractivity contribution in [1.29, 1.82) is 5.41 Å². The third kappa shape index (κ3) is 2.58. The predicted molar refractivity (Wildman–Crippen MR) is 61.1 cm³/mol. The summed E-state index contributed by atoms with van der Waals surface area (Å²) in [6.07, 6.45) is 5.65. The second kappa shape index (κ2) is 4.60. The first-order chi connectivity index (χ1) is 6.84. The van der Waals surface area contributed by atoms with Crippen molar-refractivity contribution in [2.75, 3.05) is 0 Å². The molecule has 0 aliphatic carbocycles. The molecule has 1 aliphatic rings. The van der Waals surface area contributed by atoms with Crippen LogP contribution < -0.4 is 5.32 Å². The van der Waals surface area contributed by atoms with E-state index >= 15 is 0 Å². The highest BCUT2D eigenvalue weighted by atomic mass is 32.1. The third-order valence-electron chi connectivity index (χ3n) is 2.64. The Labute approximate surface area is 88.9 Å². The molecule has 1 aliphatic heterocycles. The highest BCUT2D eigenvalue weighted by molar-refractivity contribution is 7.09. The molecule has 14 heavy (non-hydrogen) atoms. The molecular weight excluding hydrogens is 192 g/mol. The van der Waals surface area contributed by atoms with Gasteiger partial charge in [0.1, 0.15) is 0 Å². The fraction of sp³-hybridized carbons (Fsp3) is 0.545. The van der Waals surface area contributed by atoms with Gasteiger partial charge in [0.05, 0.1) is 5.84 Å². The van der Waals surface area contributed by atoms with E-state index in [1.165, 1.54) is 24.1 Å². The minimum Gasteiger partial charge on any atom is -0.371 e. The normalized spacial score (nSPS) is 22.9. The Bertz CT molecular complexity index is 292. The van der Waals surface area contributed by atoms with Crippen molar-refractivity contribution < 1.29 is 0 Å². The summed E-state index contributed by atoms with van der Waals surface area (Å²) in [7, 11) is 0. The van der Waals surface area contributed by atoms with E-state index in [0.717, 1.165) is 18.7 Å². The summed E-state index contributed by atoms with van der Waals surface area (Å²) >= 11 is 1.81. The van der Waals surface area contributed by atoms with Gasteiger partial charge in [-0.1, -0.05) is 12.5 Å². The molecule has 2 heterocycles. The van der Waals surface area contributed by atoms with Gasteiger partial charge in [-0.2, -0.15) is 0 Å². The number of hydrogen-bond acceptors (Lipinski definition) is 2. The largest absolute Gasteiger partial charge is 0.371 e. The van der Waals surface area contributed by atoms with Crippen molar-refractivity contribution in [3.05, 3.63) is 22.4 Å². The number of amidine groups is 1. The van der Waals surface area contributed by atoms with Crippen LogP contribution in [0.4, 0.5) is 0 Å². The van der Waals surface area contributed by atoms with Gasteiger partial charge in [0.15, 0.2) is 0 Å². The van der Waals surface area contributed by atoms with E-state index in [0.29, 0.717) is 6.04 Å². The fourth-order valence-corrected chi connectivity index (χ4v) is 2.69. The monoisotopic (exact) mass is 208 g/mol. The molecule has 2 rings (SSSR count). The summed E-state index contributed by atoms with van der Waals surface area (Å²) in [5, 5.41) is 13.1. The minimum absolute atomic E-state index is 0.489. The molecule has 0 amide bonds. The van der Waals surface area contributed by atoms with Gasteiger partial charge < -0.3 is 5.32 Å². The summed E-state index contributed by atoms with van der Waals surface area (Å²) in [4.78, 5) is 1.43. The molecule has 0 aromatic carbocycles. The maximum absolute atomic E-state index is 7.68. The molecule has 0 spiro atoms. The van der Waals surface area contributed by atoms with Crippen molar-refractivity contribution in [3.63, 3.8) is 0 Å². The van der Waals surface area contributed by atoms with Gasteiger partial charge in [-0.3, -0.25) is 5.41 Å². The lowest BCUT2D eigenvalue weighted by Gasteiger charge is -2.15. The lowest BCUT2D eigenvalue weighted by Crippen LogP contribution is -2.33. The van der Waals surface area contributed by atoms with Crippen LogP contribution in [0.3, 0.4) is 0 Å². The summed E-state index contributed by atoms with van der Waals surface area (Å²) in [6, 6.07) is 4.77. The topological polar surface area (TPSA) is 35.9 Å². The maximum Gasteiger partial charge on any atom is 0.0933 e. The summed E-state index contributed by atoms with van der Waals surface area (Å²) < 4.78 is 0. The van der Waals surface area contributed by atoms with E-state index in [1.54, 1.807) is 0 Å². The number of nitrogens with one attached hydrogen (secondary N) is 2. The van der Waals surface area contributed by atoms with E-state index in [9.17, 15) is 0 Å². The van der Waals surface area contributed by atoms with Crippen LogP contribution in [0.25, 0.3) is 0 Å². The van der Waals surface area contributed by atoms with Crippen molar-refractivity contribution in [1.82, 2.24) is 5.32 Å². The van der Waals surface area contributed by atoms with Gasteiger partial charge >= 0.3 is 0 Å². The van der Waals surface area contributed by atoms with E-state index in [4.69, 9.17) is 5.41 Å². The summed E-state index contributed by atoms with van der Waals surface area (Å²) in [5.74, 6) is 0.726. The molecule has 1 aromatic rings. The van der Waals surface area contributed by atoms with Gasteiger partial charge in [0.2, 0.25) is 0 Å². The molecule has 1 aromatic heterocycles. The average molecular weight is 208 g/mol. The molecule has 1 unspecified atom stereocenters. The first kappa shape index (κ1) is 9.71. The van der Waals surface area contributed by atoms with Crippen molar-refractivity contribution in [2.24, 2.45) is 0 Å². The van der Waals surface area contributed by atoms with Crippen LogP contribution in [0.2, 0.25) is 0 Å². The zero-order valence-corrected chi connectivity index (χ0v) is 9.07. The van der Waals surface area contributed by atoms with Crippen LogP contribution in [0.1, 0.15) is 30.6 Å². The fourth-order valence-electron chi connectivity index (χ4n) is 1.91. The molecule has 0 radical (unpaired) electrons. The molecule has 2 N–H and O–H groups in total. The molecular formula is C11H16N2S. The Balaban J connectivity index is 1.93. The van der Waals surface area contributed by atoms with Crippen LogP contribution in [-0.4, -0.2) is 11.9 Å². The molecule has 0 bridgehead atoms. The van der Waals surface area contributed by atoms with Crippen LogP contribution >= 0.6 is 11.3 Å². The van der Waals surface area contributed by atoms with Crippen LogP contribution in [0, 0.1) is 5.41 Å². The Hall–Kier alpha value is -0.830. The Kier molecular flexibility index (Phi) is 3.19. The van der Waals surface area contributed by atoms with E-state index in [1.807, 2.05) is 11.3 Å². The number of hydrogen-bond donors (Lipinski definition) is 2. The zero-order chi connectivity index (χ0) is 9.80. The van der Waals surface area contributed by atoms with E-state index in [2.05, 4.69) is 22.8 Å². The quantitative estimate of drug-likeness (QED) is 0.770. The van der Waals surface area contributed by atoms with Crippen molar-refractivity contribution >= 4 is 17.2 Å². The third-order valence-corrected chi connectivity index (χ3v) is 3.53. The number of rotatable bonds is 2. The lowest BCUT2D eigenvalue weighted by molar-refractivity contribution is 0.552. The summed E-state index contributed by atoms with van der Waals surface area (Å²) in [5.41, 5.74) is 0. The van der Waals surface area contributed by atoms with E-state index < -0.39 is 0 Å². The highest BCUT2D eigenvalue weighted by Crippen LogP contribution is 2.16. The van der Waals surface area contributed by atoms with E-state index in [-0.39, 0.29) is 0 Å². The molecule has 76 valence electrons. The standard InChI is InChI=1S/C11H16N2S/c12-11-6-2-1-4-9(13-11)8-10-5-3-7-14-10/h3,5,7,9H,1-2,4,6,8H2,(H2,12,13). The predicted octanol–water partition coefficient (Wildman–Crippen LogP) is 2.80. The van der Waals surface area contributed by atoms with Crippen LogP contribution in [0.5, 0.6) is 0 Å². The molecule has 1 saturated heterocycles. The summed E-state index contributed by atoms with van der Waals surface area (Å²) in [6.45, 7) is 0. The van der Waals surface area contributed by atoms with Crippen LogP contribution in [0.15, 0.2) is 17.5 Å². The molecule has 1 atom stereocenters. The molecule has 3 heteroatoms. The smallest absolute Gasteiger partial charge is 0.0933 e. The van der Waals surface area contributed by atoms with Gasteiger partial charge in [-0.25, -0.2) is 0 Å². The van der Waals surface area contributed by atoms with Crippen molar-refractivity contribution in [2.45, 2.75) is 38.1 Å². The molecule has 2 nitrogen and oxygen atoms in total. The maximum atomic E-state index is 7.68. The zero-order valence-electron chi connectivity index (χ0n) is 8.25. The average Bonchev–Trinajstić information content (AvgIpc) is 2.56. The van der Waals surface area contributed by atoms with Gasteiger partial charge in [0.25, 0.3) is 0 Å². The van der Waals surface area contributed by atoms with Gasteiger partial charge in [0, 0.05) is 23.8 Å². The Morgan fingerprint density at radius 3 is 3.21 bits per heavy atom. The lowest BCUT2D eigenvalue weighted by atomic mass is 10.1. The first-order valence-electron chi connectivity index (χ1n) is 5.21. The van der Waals surface area contributed by atoms with Crippen LogP contribution in [-0.2, 0) is 6.42 Å². The molecule has 0 saturated carbocycles. The minimum atomic E-state index is 0.489. The second-order valence-corrected chi connectivity index (χ2v) is 4.88. The van der Waals surface area contributed by atoms with Gasteiger partial charge in [-0.05, 0) is 24.3 Å². The Morgan fingerprint density at radius 2 is 2.43 bits per heavy atom. The molecule has 1 fully saturated rings. The Morgan fingerprint density at radius 1 is 1.50 bits per heavy atom. The highest BCUT2D eigenvalue weighted by Gasteiger charge is 2.14. The first-order valence-corrected chi connectivity index (χ1v) is 6.09. The van der Waals surface area contributed by atoms with Gasteiger partial charge in [-0.15, -0.1) is 11.3 Å². The second-order valence-electron chi connectivity index (χ2n) is 3.85. The SMILES string of the molecule is N=C1CCCCC(Cc2cccs2)N1. The van der Waals surface area contributed by atoms with Crippen molar-refractivity contribution in [3.8, 4) is 0 Å². The number of thiophene rings is 1.